The summed E-state index contributed by atoms with van der Waals surface area (Å²) in [6.45, 7) is 9.49. The lowest BCUT2D eigenvalue weighted by Crippen LogP contribution is -2.42. The molecule has 5 heterocycles. The lowest BCUT2D eigenvalue weighted by molar-refractivity contribution is -0.131. The largest absolute Gasteiger partial charge is 0.483 e. The second-order valence-corrected chi connectivity index (χ2v) is 13.6. The highest BCUT2D eigenvalue weighted by atomic mass is 32.1. The first-order valence-electron chi connectivity index (χ1n) is 16.1. The van der Waals surface area contributed by atoms with E-state index in [9.17, 15) is 14.0 Å². The molecular formula is C37H35F2N7O3S. The molecule has 0 N–H and O–H groups in total. The molecule has 0 saturated heterocycles. The number of carbonyl (C=O) groups excluding carboxylic acids is 2. The molecule has 7 rings (SSSR count). The smallest absolute Gasteiger partial charge is 0.259 e. The summed E-state index contributed by atoms with van der Waals surface area (Å²) in [7, 11) is 5.11. The number of amides is 2. The van der Waals surface area contributed by atoms with Crippen LogP contribution in [0.25, 0.3) is 54.9 Å². The van der Waals surface area contributed by atoms with E-state index in [0.717, 1.165) is 45.6 Å². The molecule has 6 aromatic rings. The van der Waals surface area contributed by atoms with Gasteiger partial charge >= 0.3 is 0 Å². The minimum atomic E-state index is -0.873. The molecule has 0 spiro atoms. The number of pyridine rings is 1. The monoisotopic (exact) mass is 695 g/mol. The lowest BCUT2D eigenvalue weighted by Gasteiger charge is -2.36. The summed E-state index contributed by atoms with van der Waals surface area (Å²) >= 11 is 1.38. The summed E-state index contributed by atoms with van der Waals surface area (Å²) in [6, 6.07) is 11.1. The van der Waals surface area contributed by atoms with E-state index in [1.165, 1.54) is 22.3 Å². The molecule has 0 radical (unpaired) electrons. The number of halogens is 2. The average Bonchev–Trinajstić information content (AvgIpc) is 3.82. The molecule has 4 aromatic heterocycles. The van der Waals surface area contributed by atoms with Gasteiger partial charge in [0.1, 0.15) is 34.6 Å². The zero-order valence-corrected chi connectivity index (χ0v) is 29.3. The van der Waals surface area contributed by atoms with E-state index in [1.807, 2.05) is 72.8 Å². The quantitative estimate of drug-likeness (QED) is 0.166. The van der Waals surface area contributed by atoms with Gasteiger partial charge in [-0.2, -0.15) is 5.10 Å². The first kappa shape index (κ1) is 33.1. The van der Waals surface area contributed by atoms with Gasteiger partial charge in [0.2, 0.25) is 5.91 Å². The number of fused-ring (bicyclic) bond motifs is 3. The number of imidazole rings is 1. The molecule has 50 heavy (non-hydrogen) atoms. The van der Waals surface area contributed by atoms with E-state index < -0.39 is 18.2 Å². The fourth-order valence-corrected chi connectivity index (χ4v) is 7.52. The normalized spacial score (nSPS) is 15.8. The van der Waals surface area contributed by atoms with Crippen molar-refractivity contribution in [1.82, 2.24) is 34.1 Å². The number of carbonyl (C=O) groups is 2. The predicted octanol–water partition coefficient (Wildman–Crippen LogP) is 7.08. The Bertz CT molecular complexity index is 2360. The average molecular weight is 696 g/mol. The van der Waals surface area contributed by atoms with Crippen LogP contribution in [0.3, 0.4) is 0 Å². The van der Waals surface area contributed by atoms with Gasteiger partial charge < -0.3 is 19.1 Å². The van der Waals surface area contributed by atoms with Crippen LogP contribution in [-0.4, -0.2) is 73.2 Å². The number of likely N-dealkylation sites (N-methyl/N-ethyl adjacent to an activating group) is 1. The Morgan fingerprint density at radius 2 is 1.86 bits per heavy atom. The third-order valence-electron chi connectivity index (χ3n) is 9.34. The molecule has 0 unspecified atom stereocenters. The third kappa shape index (κ3) is 5.41. The Balaban J connectivity index is 1.51. The summed E-state index contributed by atoms with van der Waals surface area (Å²) in [4.78, 5) is 38.3. The predicted molar refractivity (Wildman–Crippen MR) is 190 cm³/mol. The number of thiophene rings is 1. The number of hydrogen-bond acceptors (Lipinski definition) is 7. The molecule has 0 bridgehead atoms. The van der Waals surface area contributed by atoms with Gasteiger partial charge in [-0.3, -0.25) is 14.3 Å². The minimum Gasteiger partial charge on any atom is -0.483 e. The summed E-state index contributed by atoms with van der Waals surface area (Å²) in [5, 5.41) is 7.64. The van der Waals surface area contributed by atoms with Gasteiger partial charge in [-0.1, -0.05) is 12.6 Å². The number of benzene rings is 2. The van der Waals surface area contributed by atoms with Crippen LogP contribution < -0.4 is 4.74 Å². The Kier molecular flexibility index (Phi) is 8.25. The van der Waals surface area contributed by atoms with Crippen LogP contribution in [0.5, 0.6) is 5.75 Å². The second-order valence-electron chi connectivity index (χ2n) is 12.7. The highest BCUT2D eigenvalue weighted by Crippen LogP contribution is 2.48. The van der Waals surface area contributed by atoms with Crippen molar-refractivity contribution in [1.29, 1.82) is 0 Å². The number of hydrogen-bond donors (Lipinski definition) is 0. The van der Waals surface area contributed by atoms with E-state index in [-0.39, 0.29) is 35.2 Å². The third-order valence-corrected chi connectivity index (χ3v) is 10.3. The van der Waals surface area contributed by atoms with Crippen molar-refractivity contribution >= 4 is 44.3 Å². The van der Waals surface area contributed by atoms with E-state index in [4.69, 9.17) is 19.8 Å². The number of rotatable bonds is 7. The molecule has 13 heteroatoms. The topological polar surface area (TPSA) is 98.4 Å². The van der Waals surface area contributed by atoms with Gasteiger partial charge in [-0.15, -0.1) is 11.3 Å². The van der Waals surface area contributed by atoms with Crippen LogP contribution in [0, 0.1) is 18.6 Å². The maximum Gasteiger partial charge on any atom is 0.259 e. The standard InChI is InChI=1S/C37H35F2N7O3S/c1-8-31(47)45-17-19(2)46-29(20(45)3)16-27(42-46)36-34(33-25(39)14-23(38)15-30(33)49-18-32(48)43(5)6)37-24(11-12-50-37)35(41-36)22-9-10-28-26(13-22)40-21(4)44(28)7/h8-16,19-20H,1,17-18H2,2-7H3/t19-,20+/m0/s1. The molecule has 0 fully saturated rings. The van der Waals surface area contributed by atoms with Gasteiger partial charge in [-0.05, 0) is 56.5 Å². The molecular weight excluding hydrogens is 661 g/mol. The zero-order chi connectivity index (χ0) is 35.6. The van der Waals surface area contributed by atoms with Gasteiger partial charge in [0.15, 0.2) is 6.61 Å². The van der Waals surface area contributed by atoms with E-state index in [1.54, 1.807) is 19.0 Å². The van der Waals surface area contributed by atoms with Crippen LogP contribution in [-0.2, 0) is 16.6 Å². The van der Waals surface area contributed by atoms with Gasteiger partial charge in [0, 0.05) is 61.0 Å². The van der Waals surface area contributed by atoms with E-state index in [0.29, 0.717) is 33.9 Å². The number of aryl methyl sites for hydroxylation is 2. The maximum atomic E-state index is 16.2. The van der Waals surface area contributed by atoms with Crippen LogP contribution in [0.2, 0.25) is 0 Å². The van der Waals surface area contributed by atoms with E-state index >= 15 is 4.39 Å². The molecule has 2 atom stereocenters. The second kappa shape index (κ2) is 12.5. The number of aromatic nitrogens is 5. The zero-order valence-electron chi connectivity index (χ0n) is 28.5. The minimum absolute atomic E-state index is 0.0363. The van der Waals surface area contributed by atoms with Crippen LogP contribution in [0.4, 0.5) is 8.78 Å². The summed E-state index contributed by atoms with van der Waals surface area (Å²) in [6.07, 6.45) is 1.30. The van der Waals surface area contributed by atoms with E-state index in [2.05, 4.69) is 6.58 Å². The highest BCUT2D eigenvalue weighted by molar-refractivity contribution is 7.18. The first-order valence-corrected chi connectivity index (χ1v) is 17.0. The fourth-order valence-electron chi connectivity index (χ4n) is 6.57. The molecule has 0 saturated carbocycles. The van der Waals surface area contributed by atoms with Crippen molar-refractivity contribution in [3.63, 3.8) is 0 Å². The Morgan fingerprint density at radius 3 is 2.60 bits per heavy atom. The Labute approximate surface area is 291 Å². The van der Waals surface area contributed by atoms with Crippen LogP contribution in [0.15, 0.2) is 60.5 Å². The fraction of sp³-hybridized carbons (Fsp3) is 0.270. The van der Waals surface area contributed by atoms with Crippen molar-refractivity contribution in [2.45, 2.75) is 32.9 Å². The van der Waals surface area contributed by atoms with Crippen molar-refractivity contribution in [3.8, 4) is 39.5 Å². The molecule has 2 aromatic carbocycles. The molecule has 0 aliphatic carbocycles. The molecule has 256 valence electrons. The molecule has 1 aliphatic rings. The molecule has 2 amide bonds. The van der Waals surface area contributed by atoms with Gasteiger partial charge in [0.25, 0.3) is 5.91 Å². The molecule has 10 nitrogen and oxygen atoms in total. The number of ether oxygens (including phenoxy) is 1. The first-order chi connectivity index (χ1) is 23.9. The molecule has 1 aliphatic heterocycles. The highest BCUT2D eigenvalue weighted by Gasteiger charge is 2.34. The number of nitrogens with zero attached hydrogens (tertiary/aromatic N) is 7. The van der Waals surface area contributed by atoms with Crippen LogP contribution >= 0.6 is 11.3 Å². The summed E-state index contributed by atoms with van der Waals surface area (Å²) in [5.74, 6) is -1.56. The van der Waals surface area contributed by atoms with Crippen molar-refractivity contribution in [2.24, 2.45) is 7.05 Å². The summed E-state index contributed by atoms with van der Waals surface area (Å²) in [5.41, 5.74) is 5.07. The van der Waals surface area contributed by atoms with Crippen molar-refractivity contribution in [2.75, 3.05) is 27.2 Å². The van der Waals surface area contributed by atoms with Crippen molar-refractivity contribution < 1.29 is 23.1 Å². The Morgan fingerprint density at radius 1 is 1.08 bits per heavy atom. The Hall–Kier alpha value is -5.43. The maximum absolute atomic E-state index is 16.2. The van der Waals surface area contributed by atoms with Gasteiger partial charge in [-0.25, -0.2) is 18.7 Å². The van der Waals surface area contributed by atoms with Crippen LogP contribution in [0.1, 0.15) is 37.4 Å². The SMILES string of the molecule is C=CC(=O)N1C[C@H](C)n2nc(-c3nc(-c4ccc5c(c4)nc(C)n5C)c4ccsc4c3-c3c(F)cc(F)cc3OCC(=O)N(C)C)cc2[C@H]1C. The van der Waals surface area contributed by atoms with Gasteiger partial charge in [0.05, 0.1) is 40.1 Å². The lowest BCUT2D eigenvalue weighted by atomic mass is 9.96. The summed E-state index contributed by atoms with van der Waals surface area (Å²) < 4.78 is 41.5. The van der Waals surface area contributed by atoms with Crippen molar-refractivity contribution in [3.05, 3.63) is 83.7 Å².